The van der Waals surface area contributed by atoms with Gasteiger partial charge in [-0.15, -0.1) is 0 Å². The minimum absolute atomic E-state index is 0.0463. The average molecular weight is 958 g/mol. The van der Waals surface area contributed by atoms with Gasteiger partial charge in [-0.2, -0.15) is 0 Å². The van der Waals surface area contributed by atoms with E-state index < -0.39 is 11.9 Å². The fraction of sp³-hybridized carbons (Fsp3) is 0.281. The van der Waals surface area contributed by atoms with E-state index in [2.05, 4.69) is 153 Å². The fourth-order valence-electron chi connectivity index (χ4n) is 11.7. The quantitative estimate of drug-likeness (QED) is 0.0489. The third kappa shape index (κ3) is 8.82. The van der Waals surface area contributed by atoms with E-state index in [0.29, 0.717) is 45.3 Å². The van der Waals surface area contributed by atoms with Gasteiger partial charge in [0, 0.05) is 38.3 Å². The predicted molar refractivity (Wildman–Crippen MR) is 292 cm³/mol. The standard InChI is InChI=1S/C64H63NO7/c1-61(2,3)36-63(7,8)38-16-20-40(21-17-38)65(41-22-18-39(19-23-41)64(9,10)37-62(4,5)6)51-33-32-48-54-46(51)14-13-15-47(54)56-52(70-44-28-24-42(68-11)25-29-44)34-49-55-50(60(67)72-59(49)66)35-53(57(48)58(55)56)71-45-30-26-43(69-12)27-31-45/h13-35H,36-37H2,1-12H3. The van der Waals surface area contributed by atoms with Gasteiger partial charge in [0.15, 0.2) is 0 Å². The number of ether oxygens (including phenoxy) is 5. The maximum Gasteiger partial charge on any atom is 0.346 e. The molecular formula is C64H63NO7. The highest BCUT2D eigenvalue weighted by molar-refractivity contribution is 6.40. The minimum Gasteiger partial charge on any atom is -0.497 e. The Kier molecular flexibility index (Phi) is 11.8. The van der Waals surface area contributed by atoms with E-state index >= 15 is 0 Å². The van der Waals surface area contributed by atoms with Crippen molar-refractivity contribution in [2.45, 2.75) is 92.9 Å². The first-order valence-electron chi connectivity index (χ1n) is 24.8. The van der Waals surface area contributed by atoms with Gasteiger partial charge in [0.1, 0.15) is 34.5 Å². The van der Waals surface area contributed by atoms with Crippen LogP contribution in [0.3, 0.4) is 0 Å². The zero-order valence-corrected chi connectivity index (χ0v) is 43.5. The minimum atomic E-state index is -0.746. The molecule has 9 aromatic carbocycles. The van der Waals surface area contributed by atoms with Gasteiger partial charge in [-0.05, 0) is 153 Å². The lowest BCUT2D eigenvalue weighted by Crippen LogP contribution is -2.25. The van der Waals surface area contributed by atoms with Crippen molar-refractivity contribution in [1.82, 2.24) is 0 Å². The van der Waals surface area contributed by atoms with Gasteiger partial charge < -0.3 is 28.6 Å². The highest BCUT2D eigenvalue weighted by atomic mass is 16.6. The smallest absolute Gasteiger partial charge is 0.346 e. The van der Waals surface area contributed by atoms with E-state index in [9.17, 15) is 9.59 Å². The zero-order chi connectivity index (χ0) is 51.1. The van der Waals surface area contributed by atoms with Crippen molar-refractivity contribution in [2.24, 2.45) is 10.8 Å². The van der Waals surface area contributed by atoms with E-state index in [1.165, 1.54) is 11.1 Å². The molecular weight excluding hydrogens is 895 g/mol. The van der Waals surface area contributed by atoms with Crippen molar-refractivity contribution in [2.75, 3.05) is 19.1 Å². The summed E-state index contributed by atoms with van der Waals surface area (Å²) in [7, 11) is 3.24. The summed E-state index contributed by atoms with van der Waals surface area (Å²) in [5.74, 6) is 1.77. The molecule has 0 N–H and O–H groups in total. The number of hydrogen-bond donors (Lipinski definition) is 0. The van der Waals surface area contributed by atoms with Gasteiger partial charge in [-0.25, -0.2) is 9.59 Å². The molecule has 72 heavy (non-hydrogen) atoms. The van der Waals surface area contributed by atoms with Crippen LogP contribution in [0.4, 0.5) is 17.1 Å². The molecule has 9 aromatic rings. The van der Waals surface area contributed by atoms with Crippen LogP contribution in [-0.2, 0) is 15.6 Å². The third-order valence-electron chi connectivity index (χ3n) is 14.1. The zero-order valence-electron chi connectivity index (χ0n) is 43.5. The molecule has 0 saturated heterocycles. The van der Waals surface area contributed by atoms with E-state index in [1.807, 2.05) is 48.5 Å². The van der Waals surface area contributed by atoms with Crippen LogP contribution >= 0.6 is 0 Å². The van der Waals surface area contributed by atoms with Gasteiger partial charge in [0.25, 0.3) is 0 Å². The summed E-state index contributed by atoms with van der Waals surface area (Å²) in [5, 5.41) is 6.30. The Labute approximate surface area is 422 Å². The molecule has 0 spiro atoms. The molecule has 0 saturated carbocycles. The molecule has 0 amide bonds. The molecule has 8 heteroatoms. The lowest BCUT2D eigenvalue weighted by molar-refractivity contribution is 0.0390. The second-order valence-electron chi connectivity index (χ2n) is 23.1. The summed E-state index contributed by atoms with van der Waals surface area (Å²) >= 11 is 0. The first kappa shape index (κ1) is 48.1. The van der Waals surface area contributed by atoms with Crippen LogP contribution in [0.1, 0.15) is 114 Å². The molecule has 1 aliphatic heterocycles. The van der Waals surface area contributed by atoms with E-state index in [4.69, 9.17) is 23.7 Å². The van der Waals surface area contributed by atoms with Crippen LogP contribution in [-0.4, -0.2) is 26.2 Å². The van der Waals surface area contributed by atoms with E-state index in [1.54, 1.807) is 26.4 Å². The van der Waals surface area contributed by atoms with Crippen LogP contribution in [0.15, 0.2) is 140 Å². The first-order valence-corrected chi connectivity index (χ1v) is 24.8. The van der Waals surface area contributed by atoms with Gasteiger partial charge in [0.05, 0.1) is 31.0 Å². The molecule has 0 aliphatic carbocycles. The second-order valence-corrected chi connectivity index (χ2v) is 23.1. The van der Waals surface area contributed by atoms with E-state index in [-0.39, 0.29) is 32.8 Å². The summed E-state index contributed by atoms with van der Waals surface area (Å²) in [6, 6.07) is 46.9. The SMILES string of the molecule is COc1ccc(Oc2cc3c4c(cc(Oc5ccc(OC)cc5)c5c6ccc(N(c7ccc(C(C)(C)CC(C)(C)C)cc7)c7ccc(C(C)(C)CC(C)(C)C)cc7)c7cccc(c2c45)c76)C(=O)OC3=O)cc1. The lowest BCUT2D eigenvalue weighted by atomic mass is 9.72. The Morgan fingerprint density at radius 2 is 0.833 bits per heavy atom. The van der Waals surface area contributed by atoms with Crippen LogP contribution in [0.25, 0.3) is 43.1 Å². The molecule has 1 aliphatic rings. The van der Waals surface area contributed by atoms with Crippen molar-refractivity contribution < 1.29 is 33.3 Å². The van der Waals surface area contributed by atoms with Crippen LogP contribution < -0.4 is 23.8 Å². The Bertz CT molecular complexity index is 3350. The summed E-state index contributed by atoms with van der Waals surface area (Å²) in [4.78, 5) is 30.1. The molecule has 1 heterocycles. The fourth-order valence-corrected chi connectivity index (χ4v) is 11.7. The van der Waals surface area contributed by atoms with Gasteiger partial charge >= 0.3 is 11.9 Å². The van der Waals surface area contributed by atoms with Gasteiger partial charge in [0.2, 0.25) is 0 Å². The van der Waals surface area contributed by atoms with Crippen molar-refractivity contribution in [1.29, 1.82) is 0 Å². The Morgan fingerprint density at radius 1 is 0.431 bits per heavy atom. The van der Waals surface area contributed by atoms with Gasteiger partial charge in [-0.1, -0.05) is 118 Å². The molecule has 0 bridgehead atoms. The summed E-state index contributed by atoms with van der Waals surface area (Å²) in [6.07, 6.45) is 2.06. The number of fused-ring (bicyclic) bond motifs is 2. The lowest BCUT2D eigenvalue weighted by Gasteiger charge is -2.34. The number of nitrogens with zero attached hydrogens (tertiary/aromatic N) is 1. The second kappa shape index (κ2) is 17.6. The Morgan fingerprint density at radius 3 is 1.25 bits per heavy atom. The molecule has 10 rings (SSSR count). The molecule has 0 fully saturated rings. The summed E-state index contributed by atoms with van der Waals surface area (Å²) in [6.45, 7) is 23.1. The number of benzene rings is 9. The number of carbonyl (C=O) groups is 2. The average Bonchev–Trinajstić information content (AvgIpc) is 3.32. The Hall–Kier alpha value is -7.58. The van der Waals surface area contributed by atoms with Crippen molar-refractivity contribution in [3.63, 3.8) is 0 Å². The van der Waals surface area contributed by atoms with Crippen molar-refractivity contribution >= 4 is 72.1 Å². The van der Waals surface area contributed by atoms with Crippen LogP contribution in [0.5, 0.6) is 34.5 Å². The number of esters is 2. The molecule has 0 aromatic heterocycles. The highest BCUT2D eigenvalue weighted by Crippen LogP contribution is 2.54. The summed E-state index contributed by atoms with van der Waals surface area (Å²) < 4.78 is 30.1. The number of anilines is 3. The topological polar surface area (TPSA) is 83.5 Å². The third-order valence-corrected chi connectivity index (χ3v) is 14.1. The highest BCUT2D eigenvalue weighted by Gasteiger charge is 2.35. The molecule has 0 radical (unpaired) electrons. The van der Waals surface area contributed by atoms with Crippen LogP contribution in [0.2, 0.25) is 0 Å². The molecule has 0 unspecified atom stereocenters. The first-order chi connectivity index (χ1) is 34.1. The van der Waals surface area contributed by atoms with Crippen molar-refractivity contribution in [3.05, 3.63) is 162 Å². The maximum absolute atomic E-state index is 13.9. The normalized spacial score (nSPS) is 13.3. The monoisotopic (exact) mass is 957 g/mol. The number of hydrogen-bond acceptors (Lipinski definition) is 8. The summed E-state index contributed by atoms with van der Waals surface area (Å²) in [5.41, 5.74) is 6.25. The Balaban J connectivity index is 1.27. The number of rotatable bonds is 13. The molecule has 0 atom stereocenters. The largest absolute Gasteiger partial charge is 0.497 e. The predicted octanol–water partition coefficient (Wildman–Crippen LogP) is 17.5. The number of methoxy groups -OCH3 is 2. The van der Waals surface area contributed by atoms with E-state index in [0.717, 1.165) is 62.2 Å². The van der Waals surface area contributed by atoms with Crippen molar-refractivity contribution in [3.8, 4) is 34.5 Å². The molecule has 366 valence electrons. The van der Waals surface area contributed by atoms with Crippen LogP contribution in [0, 0.1) is 10.8 Å². The number of cyclic esters (lactones) is 2. The molecule has 8 nitrogen and oxygen atoms in total. The van der Waals surface area contributed by atoms with Gasteiger partial charge in [-0.3, -0.25) is 0 Å². The number of carbonyl (C=O) groups excluding carboxylic acids is 2. The maximum atomic E-state index is 13.9.